The second kappa shape index (κ2) is 5.35. The Morgan fingerprint density at radius 1 is 1.36 bits per heavy atom. The van der Waals surface area contributed by atoms with Crippen LogP contribution in [0.3, 0.4) is 0 Å². The highest BCUT2D eigenvalue weighted by Gasteiger charge is 2.20. The maximum absolute atomic E-state index is 10.4. The van der Waals surface area contributed by atoms with Gasteiger partial charge in [0, 0.05) is 6.04 Å². The highest BCUT2D eigenvalue weighted by molar-refractivity contribution is 5.67. The lowest BCUT2D eigenvalue weighted by Gasteiger charge is -2.28. The van der Waals surface area contributed by atoms with Crippen molar-refractivity contribution >= 4 is 5.97 Å². The fourth-order valence-corrected chi connectivity index (χ4v) is 1.02. The van der Waals surface area contributed by atoms with Crippen LogP contribution < -0.4 is 5.32 Å². The van der Waals surface area contributed by atoms with Gasteiger partial charge in [-0.25, -0.2) is 0 Å². The van der Waals surface area contributed by atoms with Crippen molar-refractivity contribution in [1.29, 1.82) is 0 Å². The molecule has 3 nitrogen and oxygen atoms in total. The first-order valence-electron chi connectivity index (χ1n) is 5.18. The number of carboxylic acid groups (broad SMARTS) is 1. The monoisotopic (exact) mass is 201 g/mol. The number of carbonyl (C=O) groups is 1. The zero-order chi connectivity index (χ0) is 11.4. The smallest absolute Gasteiger partial charge is 0.304 e. The van der Waals surface area contributed by atoms with Crippen LogP contribution in [-0.2, 0) is 4.79 Å². The first-order valence-corrected chi connectivity index (χ1v) is 5.18. The molecule has 2 N–H and O–H groups in total. The van der Waals surface area contributed by atoms with E-state index in [0.717, 1.165) is 6.54 Å². The van der Waals surface area contributed by atoms with Crippen molar-refractivity contribution in [2.24, 2.45) is 11.3 Å². The summed E-state index contributed by atoms with van der Waals surface area (Å²) in [7, 11) is 0. The van der Waals surface area contributed by atoms with E-state index < -0.39 is 5.97 Å². The van der Waals surface area contributed by atoms with Gasteiger partial charge < -0.3 is 10.4 Å². The van der Waals surface area contributed by atoms with Crippen molar-refractivity contribution in [1.82, 2.24) is 5.32 Å². The molecular formula is C11H23NO2. The third kappa shape index (κ3) is 5.97. The molecule has 84 valence electrons. The van der Waals surface area contributed by atoms with Crippen molar-refractivity contribution in [2.45, 2.75) is 47.1 Å². The topological polar surface area (TPSA) is 49.3 Å². The molecule has 0 fully saturated rings. The Kier molecular flexibility index (Phi) is 5.13. The minimum atomic E-state index is -0.742. The Bertz CT molecular complexity index is 184. The molecule has 0 rings (SSSR count). The quantitative estimate of drug-likeness (QED) is 0.716. The van der Waals surface area contributed by atoms with Gasteiger partial charge in [0.15, 0.2) is 0 Å². The number of carboxylic acids is 1. The average Bonchev–Trinajstić information content (AvgIpc) is 1.96. The summed E-state index contributed by atoms with van der Waals surface area (Å²) in [5.41, 5.74) is 0.274. The van der Waals surface area contributed by atoms with E-state index >= 15 is 0 Å². The maximum Gasteiger partial charge on any atom is 0.304 e. The Labute approximate surface area is 86.9 Å². The molecule has 0 heterocycles. The van der Waals surface area contributed by atoms with E-state index in [1.54, 1.807) is 0 Å². The summed E-state index contributed by atoms with van der Waals surface area (Å²) in [5.74, 6) is -0.202. The summed E-state index contributed by atoms with van der Waals surface area (Å²) in [5, 5.41) is 11.8. The molecule has 0 saturated heterocycles. The Hall–Kier alpha value is -0.570. The third-order valence-electron chi connectivity index (χ3n) is 2.73. The normalized spacial score (nSPS) is 16.4. The number of rotatable bonds is 5. The lowest BCUT2D eigenvalue weighted by molar-refractivity contribution is -0.137. The summed E-state index contributed by atoms with van der Waals surface area (Å²) in [6.45, 7) is 11.5. The standard InChI is InChI=1S/C11H23NO2/c1-8(11(3,4)5)7-12-9(2)6-10(13)14/h8-9,12H,6-7H2,1-5H3,(H,13,14). The summed E-state index contributed by atoms with van der Waals surface area (Å²) < 4.78 is 0. The molecule has 0 radical (unpaired) electrons. The predicted molar refractivity (Wildman–Crippen MR) is 58.3 cm³/mol. The second-order valence-electron chi connectivity index (χ2n) is 5.17. The molecule has 3 heteroatoms. The van der Waals surface area contributed by atoms with Gasteiger partial charge in [-0.2, -0.15) is 0 Å². The first-order chi connectivity index (χ1) is 6.23. The molecule has 14 heavy (non-hydrogen) atoms. The zero-order valence-electron chi connectivity index (χ0n) is 9.92. The van der Waals surface area contributed by atoms with Crippen LogP contribution in [0.4, 0.5) is 0 Å². The number of aliphatic carboxylic acids is 1. The summed E-state index contributed by atoms with van der Waals surface area (Å²) in [6, 6.07) is 0.0531. The van der Waals surface area contributed by atoms with Crippen LogP contribution in [0, 0.1) is 11.3 Å². The Morgan fingerprint density at radius 2 is 1.86 bits per heavy atom. The largest absolute Gasteiger partial charge is 0.481 e. The van der Waals surface area contributed by atoms with Gasteiger partial charge in [-0.05, 0) is 24.8 Å². The van der Waals surface area contributed by atoms with Crippen LogP contribution >= 0.6 is 0 Å². The first kappa shape index (κ1) is 13.4. The molecule has 0 aromatic carbocycles. The van der Waals surface area contributed by atoms with E-state index in [9.17, 15) is 4.79 Å². The molecule has 0 aliphatic heterocycles. The van der Waals surface area contributed by atoms with E-state index in [4.69, 9.17) is 5.11 Å². The number of hydrogen-bond acceptors (Lipinski definition) is 2. The van der Waals surface area contributed by atoms with Gasteiger partial charge in [-0.3, -0.25) is 4.79 Å². The molecule has 0 spiro atoms. The lowest BCUT2D eigenvalue weighted by Crippen LogP contribution is -2.36. The van der Waals surface area contributed by atoms with Gasteiger partial charge >= 0.3 is 5.97 Å². The molecule has 0 aromatic rings. The van der Waals surface area contributed by atoms with E-state index in [0.29, 0.717) is 5.92 Å². The highest BCUT2D eigenvalue weighted by atomic mass is 16.4. The molecule has 0 saturated carbocycles. The van der Waals surface area contributed by atoms with Gasteiger partial charge in [0.25, 0.3) is 0 Å². The van der Waals surface area contributed by atoms with Crippen molar-refractivity contribution in [3.63, 3.8) is 0 Å². The SMILES string of the molecule is CC(CC(=O)O)NCC(C)C(C)(C)C. The third-order valence-corrected chi connectivity index (χ3v) is 2.73. The van der Waals surface area contributed by atoms with Crippen LogP contribution in [0.5, 0.6) is 0 Å². The van der Waals surface area contributed by atoms with Gasteiger partial charge in [-0.1, -0.05) is 27.7 Å². The van der Waals surface area contributed by atoms with Crippen molar-refractivity contribution < 1.29 is 9.90 Å². The average molecular weight is 201 g/mol. The summed E-state index contributed by atoms with van der Waals surface area (Å²) in [6.07, 6.45) is 0.191. The molecular weight excluding hydrogens is 178 g/mol. The minimum Gasteiger partial charge on any atom is -0.481 e. The van der Waals surface area contributed by atoms with E-state index in [1.807, 2.05) is 6.92 Å². The van der Waals surface area contributed by atoms with Crippen LogP contribution in [0.2, 0.25) is 0 Å². The molecule has 0 aliphatic carbocycles. The number of hydrogen-bond donors (Lipinski definition) is 2. The van der Waals surface area contributed by atoms with E-state index in [-0.39, 0.29) is 17.9 Å². The lowest BCUT2D eigenvalue weighted by atomic mass is 9.82. The summed E-state index contributed by atoms with van der Waals surface area (Å²) in [4.78, 5) is 10.4. The molecule has 2 unspecified atom stereocenters. The van der Waals surface area contributed by atoms with Crippen molar-refractivity contribution in [2.75, 3.05) is 6.54 Å². The molecule has 0 amide bonds. The van der Waals surface area contributed by atoms with Gasteiger partial charge in [0.1, 0.15) is 0 Å². The van der Waals surface area contributed by atoms with Crippen LogP contribution in [0.15, 0.2) is 0 Å². The Balaban J connectivity index is 3.77. The molecule has 0 aromatic heterocycles. The zero-order valence-corrected chi connectivity index (χ0v) is 9.92. The summed E-state index contributed by atoms with van der Waals surface area (Å²) >= 11 is 0. The van der Waals surface area contributed by atoms with Gasteiger partial charge in [0.2, 0.25) is 0 Å². The molecule has 0 bridgehead atoms. The number of nitrogens with one attached hydrogen (secondary N) is 1. The second-order valence-corrected chi connectivity index (χ2v) is 5.17. The van der Waals surface area contributed by atoms with Crippen LogP contribution in [0.1, 0.15) is 41.0 Å². The molecule has 2 atom stereocenters. The van der Waals surface area contributed by atoms with Crippen LogP contribution in [0.25, 0.3) is 0 Å². The van der Waals surface area contributed by atoms with Crippen LogP contribution in [-0.4, -0.2) is 23.7 Å². The van der Waals surface area contributed by atoms with Gasteiger partial charge in [0.05, 0.1) is 6.42 Å². The van der Waals surface area contributed by atoms with Gasteiger partial charge in [-0.15, -0.1) is 0 Å². The van der Waals surface area contributed by atoms with E-state index in [2.05, 4.69) is 33.0 Å². The predicted octanol–water partition coefficient (Wildman–Crippen LogP) is 2.12. The Morgan fingerprint density at radius 3 is 2.21 bits per heavy atom. The fraction of sp³-hybridized carbons (Fsp3) is 0.909. The van der Waals surface area contributed by atoms with Crippen molar-refractivity contribution in [3.8, 4) is 0 Å². The highest BCUT2D eigenvalue weighted by Crippen LogP contribution is 2.24. The minimum absolute atomic E-state index is 0.0531. The maximum atomic E-state index is 10.4. The van der Waals surface area contributed by atoms with E-state index in [1.165, 1.54) is 0 Å². The van der Waals surface area contributed by atoms with Crippen molar-refractivity contribution in [3.05, 3.63) is 0 Å². The fourth-order valence-electron chi connectivity index (χ4n) is 1.02. The molecule has 0 aliphatic rings.